The normalized spacial score (nSPS) is 17.1. The van der Waals surface area contributed by atoms with Crippen molar-refractivity contribution in [3.05, 3.63) is 34.9 Å². The van der Waals surface area contributed by atoms with E-state index in [0.29, 0.717) is 5.92 Å². The molecule has 0 heterocycles. The maximum Gasteiger partial charge on any atom is 0.0608 e. The van der Waals surface area contributed by atoms with Crippen LogP contribution in [0, 0.1) is 5.92 Å². The molecule has 0 radical (unpaired) electrons. The number of rotatable bonds is 2. The van der Waals surface area contributed by atoms with E-state index in [9.17, 15) is 0 Å². The molecule has 1 aliphatic carbocycles. The van der Waals surface area contributed by atoms with E-state index >= 15 is 0 Å². The van der Waals surface area contributed by atoms with E-state index < -0.39 is 0 Å². The maximum atomic E-state index is 6.34. The molecule has 0 bridgehead atoms. The molecule has 0 saturated heterocycles. The molecule has 1 aliphatic rings. The van der Waals surface area contributed by atoms with Gasteiger partial charge in [0, 0.05) is 0 Å². The van der Waals surface area contributed by atoms with Crippen molar-refractivity contribution in [3.8, 4) is 0 Å². The number of hydrogen-bond acceptors (Lipinski definition) is 0. The van der Waals surface area contributed by atoms with Crippen LogP contribution in [-0.4, -0.2) is 0 Å². The molecule has 1 aromatic carbocycles. The summed E-state index contributed by atoms with van der Waals surface area (Å²) in [6.45, 7) is 4.34. The number of halogens is 1. The van der Waals surface area contributed by atoms with E-state index in [1.807, 2.05) is 0 Å². The number of hydrogen-bond donors (Lipinski definition) is 0. The molecule has 1 heteroatoms. The largest absolute Gasteiger partial charge is 0.118 e. The van der Waals surface area contributed by atoms with E-state index in [1.54, 1.807) is 0 Å². The molecule has 0 amide bonds. The van der Waals surface area contributed by atoms with Crippen molar-refractivity contribution in [2.45, 2.75) is 38.5 Å². The van der Waals surface area contributed by atoms with Crippen molar-refractivity contribution in [2.75, 3.05) is 0 Å². The second kappa shape index (κ2) is 3.94. The highest BCUT2D eigenvalue weighted by atomic mass is 35.5. The summed E-state index contributed by atoms with van der Waals surface area (Å²) in [6, 6.07) is 6.76. The van der Waals surface area contributed by atoms with Gasteiger partial charge in [0.05, 0.1) is 5.38 Å². The van der Waals surface area contributed by atoms with E-state index in [1.165, 1.54) is 36.0 Å². The summed E-state index contributed by atoms with van der Waals surface area (Å²) < 4.78 is 0. The summed E-state index contributed by atoms with van der Waals surface area (Å²) in [4.78, 5) is 0. The van der Waals surface area contributed by atoms with E-state index in [2.05, 4.69) is 32.0 Å². The molecule has 0 fully saturated rings. The minimum atomic E-state index is 0.167. The van der Waals surface area contributed by atoms with Gasteiger partial charge in [-0.1, -0.05) is 32.0 Å². The molecule has 1 atom stereocenters. The summed E-state index contributed by atoms with van der Waals surface area (Å²) in [5, 5.41) is 0.167. The second-order valence-electron chi connectivity index (χ2n) is 4.53. The molecule has 76 valence electrons. The van der Waals surface area contributed by atoms with Crippen molar-refractivity contribution in [2.24, 2.45) is 5.92 Å². The Hall–Kier alpha value is -0.490. The Morgan fingerprint density at radius 2 is 1.86 bits per heavy atom. The summed E-state index contributed by atoms with van der Waals surface area (Å²) in [5.41, 5.74) is 4.34. The third kappa shape index (κ3) is 1.81. The Kier molecular flexibility index (Phi) is 2.83. The fourth-order valence-corrected chi connectivity index (χ4v) is 2.28. The number of alkyl halides is 1. The lowest BCUT2D eigenvalue weighted by Crippen LogP contribution is -2.00. The van der Waals surface area contributed by atoms with Crippen LogP contribution in [0.1, 0.15) is 42.3 Å². The third-order valence-corrected chi connectivity index (χ3v) is 3.78. The Labute approximate surface area is 91.3 Å². The Morgan fingerprint density at radius 1 is 1.14 bits per heavy atom. The minimum Gasteiger partial charge on any atom is -0.118 e. The van der Waals surface area contributed by atoms with E-state index in [4.69, 9.17) is 11.6 Å². The first-order chi connectivity index (χ1) is 6.68. The third-order valence-electron chi connectivity index (χ3n) is 3.03. The molecule has 14 heavy (non-hydrogen) atoms. The minimum absolute atomic E-state index is 0.167. The molecule has 0 N–H and O–H groups in total. The van der Waals surface area contributed by atoms with Gasteiger partial charge in [-0.15, -0.1) is 11.6 Å². The van der Waals surface area contributed by atoms with Crippen LogP contribution in [0.25, 0.3) is 0 Å². The van der Waals surface area contributed by atoms with Gasteiger partial charge in [-0.25, -0.2) is 0 Å². The average molecular weight is 209 g/mol. The molecular formula is C13H17Cl. The zero-order valence-corrected chi connectivity index (χ0v) is 9.64. The highest BCUT2D eigenvalue weighted by Crippen LogP contribution is 2.32. The van der Waals surface area contributed by atoms with Crippen LogP contribution in [0.3, 0.4) is 0 Å². The Morgan fingerprint density at radius 3 is 2.57 bits per heavy atom. The van der Waals surface area contributed by atoms with E-state index in [-0.39, 0.29) is 5.38 Å². The Balaban J connectivity index is 2.28. The predicted molar refractivity (Wildman–Crippen MR) is 61.9 cm³/mol. The van der Waals surface area contributed by atoms with Crippen molar-refractivity contribution in [1.29, 1.82) is 0 Å². The first kappa shape index (κ1) is 10.0. The quantitative estimate of drug-likeness (QED) is 0.642. The Bertz CT molecular complexity index is 328. The molecule has 0 saturated carbocycles. The van der Waals surface area contributed by atoms with Crippen LogP contribution in [-0.2, 0) is 12.8 Å². The molecule has 0 nitrogen and oxygen atoms in total. The summed E-state index contributed by atoms with van der Waals surface area (Å²) in [6.07, 6.45) is 3.81. The predicted octanol–water partition coefficient (Wildman–Crippen LogP) is 4.11. The monoisotopic (exact) mass is 208 g/mol. The topological polar surface area (TPSA) is 0 Å². The number of benzene rings is 1. The first-order valence-electron chi connectivity index (χ1n) is 5.44. The van der Waals surface area contributed by atoms with Crippen molar-refractivity contribution in [3.63, 3.8) is 0 Å². The molecule has 1 aromatic rings. The molecule has 1 unspecified atom stereocenters. The molecule has 0 aromatic heterocycles. The lowest BCUT2D eigenvalue weighted by atomic mass is 9.98. The highest BCUT2D eigenvalue weighted by molar-refractivity contribution is 6.20. The van der Waals surface area contributed by atoms with Gasteiger partial charge < -0.3 is 0 Å². The van der Waals surface area contributed by atoms with Gasteiger partial charge in [-0.05, 0) is 41.9 Å². The van der Waals surface area contributed by atoms with Crippen LogP contribution in [0.4, 0.5) is 0 Å². The SMILES string of the molecule is CC(C)C(Cl)c1ccc2c(c1)CCC2. The van der Waals surface area contributed by atoms with Crippen molar-refractivity contribution < 1.29 is 0 Å². The van der Waals surface area contributed by atoms with Gasteiger partial charge in [0.15, 0.2) is 0 Å². The van der Waals surface area contributed by atoms with Crippen LogP contribution in [0.2, 0.25) is 0 Å². The fraction of sp³-hybridized carbons (Fsp3) is 0.538. The van der Waals surface area contributed by atoms with Gasteiger partial charge >= 0.3 is 0 Å². The van der Waals surface area contributed by atoms with Gasteiger partial charge in [-0.2, -0.15) is 0 Å². The van der Waals surface area contributed by atoms with E-state index in [0.717, 1.165) is 0 Å². The summed E-state index contributed by atoms with van der Waals surface area (Å²) in [5.74, 6) is 0.510. The second-order valence-corrected chi connectivity index (χ2v) is 5.00. The fourth-order valence-electron chi connectivity index (χ4n) is 2.15. The smallest absolute Gasteiger partial charge is 0.0608 e. The zero-order valence-electron chi connectivity index (χ0n) is 8.89. The highest BCUT2D eigenvalue weighted by Gasteiger charge is 2.16. The zero-order chi connectivity index (χ0) is 10.1. The van der Waals surface area contributed by atoms with Crippen molar-refractivity contribution >= 4 is 11.6 Å². The number of fused-ring (bicyclic) bond motifs is 1. The average Bonchev–Trinajstić information content (AvgIpc) is 2.62. The van der Waals surface area contributed by atoms with Crippen LogP contribution >= 0.6 is 11.6 Å². The molecule has 0 aliphatic heterocycles. The standard InChI is InChI=1S/C13H17Cl/c1-9(2)13(14)12-7-6-10-4-3-5-11(10)8-12/h6-9,13H,3-5H2,1-2H3. The van der Waals surface area contributed by atoms with Gasteiger partial charge in [0.2, 0.25) is 0 Å². The lowest BCUT2D eigenvalue weighted by Gasteiger charge is -2.14. The molecule has 2 rings (SSSR count). The van der Waals surface area contributed by atoms with Gasteiger partial charge in [0.25, 0.3) is 0 Å². The summed E-state index contributed by atoms with van der Waals surface area (Å²) >= 11 is 6.34. The van der Waals surface area contributed by atoms with Gasteiger partial charge in [0.1, 0.15) is 0 Å². The van der Waals surface area contributed by atoms with Crippen LogP contribution < -0.4 is 0 Å². The van der Waals surface area contributed by atoms with Gasteiger partial charge in [-0.3, -0.25) is 0 Å². The molecule has 0 spiro atoms. The lowest BCUT2D eigenvalue weighted by molar-refractivity contribution is 0.624. The van der Waals surface area contributed by atoms with Crippen LogP contribution in [0.5, 0.6) is 0 Å². The molecular weight excluding hydrogens is 192 g/mol. The summed E-state index contributed by atoms with van der Waals surface area (Å²) in [7, 11) is 0. The first-order valence-corrected chi connectivity index (χ1v) is 5.88. The number of aryl methyl sites for hydroxylation is 2. The van der Waals surface area contributed by atoms with Crippen LogP contribution in [0.15, 0.2) is 18.2 Å². The van der Waals surface area contributed by atoms with Crippen molar-refractivity contribution in [1.82, 2.24) is 0 Å². The maximum absolute atomic E-state index is 6.34.